The first-order valence-electron chi connectivity index (χ1n) is 2.54. The van der Waals surface area contributed by atoms with Gasteiger partial charge in [0.1, 0.15) is 5.69 Å². The van der Waals surface area contributed by atoms with Crippen LogP contribution in [0.15, 0.2) is 4.79 Å². The molecule has 0 saturated heterocycles. The van der Waals surface area contributed by atoms with Crippen LogP contribution < -0.4 is 4.87 Å². The molecule has 2 N–H and O–H groups in total. The maximum Gasteiger partial charge on any atom is 0.353 e. The monoisotopic (exact) mass is 159 g/mol. The maximum atomic E-state index is 10.5. The van der Waals surface area contributed by atoms with Crippen molar-refractivity contribution in [3.63, 3.8) is 0 Å². The molecule has 1 aromatic heterocycles. The zero-order chi connectivity index (χ0) is 7.72. The molecule has 0 aliphatic rings. The van der Waals surface area contributed by atoms with Gasteiger partial charge < -0.3 is 10.1 Å². The number of H-pyrrole nitrogens is 1. The third-order valence-corrected chi connectivity index (χ3v) is 1.84. The Bertz CT molecular complexity index is 311. The number of hydrogen-bond acceptors (Lipinski definition) is 3. The van der Waals surface area contributed by atoms with Gasteiger partial charge in [-0.2, -0.15) is 0 Å². The second-order valence-corrected chi connectivity index (χ2v) is 2.94. The fourth-order valence-electron chi connectivity index (χ4n) is 0.610. The van der Waals surface area contributed by atoms with Crippen LogP contribution in [0, 0.1) is 6.92 Å². The molecule has 0 aliphatic carbocycles. The molecule has 1 heterocycles. The van der Waals surface area contributed by atoms with E-state index in [0.717, 1.165) is 11.3 Å². The minimum absolute atomic E-state index is 0.00463. The predicted molar refractivity (Wildman–Crippen MR) is 36.6 cm³/mol. The van der Waals surface area contributed by atoms with E-state index >= 15 is 0 Å². The number of carbonyl (C=O) groups is 1. The van der Waals surface area contributed by atoms with Gasteiger partial charge >= 0.3 is 10.8 Å². The maximum absolute atomic E-state index is 10.5. The molecular weight excluding hydrogens is 154 g/mol. The first-order chi connectivity index (χ1) is 4.61. The van der Waals surface area contributed by atoms with E-state index in [1.54, 1.807) is 6.92 Å². The van der Waals surface area contributed by atoms with Gasteiger partial charge in [0.2, 0.25) is 0 Å². The van der Waals surface area contributed by atoms with Gasteiger partial charge in [0.25, 0.3) is 0 Å². The van der Waals surface area contributed by atoms with Gasteiger partial charge in [-0.05, 0) is 6.92 Å². The van der Waals surface area contributed by atoms with Crippen molar-refractivity contribution >= 4 is 17.3 Å². The molecule has 0 radical (unpaired) electrons. The normalized spacial score (nSPS) is 9.70. The van der Waals surface area contributed by atoms with E-state index in [2.05, 4.69) is 4.98 Å². The lowest BCUT2D eigenvalue weighted by Crippen LogP contribution is -2.02. The molecule has 1 aromatic rings. The van der Waals surface area contributed by atoms with Gasteiger partial charge in [-0.1, -0.05) is 11.3 Å². The molecule has 0 aromatic carbocycles. The lowest BCUT2D eigenvalue weighted by molar-refractivity contribution is 0.0690. The Balaban J connectivity index is 3.28. The number of aromatic nitrogens is 1. The van der Waals surface area contributed by atoms with E-state index in [1.165, 1.54) is 0 Å². The molecule has 5 heteroatoms. The summed E-state index contributed by atoms with van der Waals surface area (Å²) in [5.74, 6) is -1.09. The van der Waals surface area contributed by atoms with Crippen molar-refractivity contribution in [1.29, 1.82) is 0 Å². The largest absolute Gasteiger partial charge is 0.477 e. The van der Waals surface area contributed by atoms with Gasteiger partial charge in [-0.15, -0.1) is 0 Å². The second-order valence-electron chi connectivity index (χ2n) is 1.75. The molecule has 0 atom stereocenters. The molecule has 0 unspecified atom stereocenters. The number of rotatable bonds is 1. The lowest BCUT2D eigenvalue weighted by Gasteiger charge is -1.85. The molecule has 0 amide bonds. The van der Waals surface area contributed by atoms with Crippen LogP contribution in [0.1, 0.15) is 15.4 Å². The number of aromatic carboxylic acids is 1. The molecule has 0 spiro atoms. The summed E-state index contributed by atoms with van der Waals surface area (Å²) >= 11 is 0.906. The van der Waals surface area contributed by atoms with Crippen molar-refractivity contribution in [1.82, 2.24) is 4.98 Å². The zero-order valence-electron chi connectivity index (χ0n) is 5.17. The summed E-state index contributed by atoms with van der Waals surface area (Å²) < 4.78 is 0. The Morgan fingerprint density at radius 3 is 2.50 bits per heavy atom. The van der Waals surface area contributed by atoms with E-state index < -0.39 is 5.97 Å². The smallest absolute Gasteiger partial charge is 0.353 e. The number of aromatic amines is 1. The Hall–Kier alpha value is -1.10. The number of carboxylic acid groups (broad SMARTS) is 1. The number of nitrogens with one attached hydrogen (secondary N) is 1. The Morgan fingerprint density at radius 1 is 1.70 bits per heavy atom. The molecule has 4 nitrogen and oxygen atoms in total. The molecule has 0 aliphatic heterocycles. The highest BCUT2D eigenvalue weighted by molar-refractivity contribution is 7.09. The van der Waals surface area contributed by atoms with Gasteiger partial charge in [0, 0.05) is 4.88 Å². The van der Waals surface area contributed by atoms with Crippen molar-refractivity contribution in [2.24, 2.45) is 0 Å². The number of thiazole rings is 1. The molecule has 0 bridgehead atoms. The minimum atomic E-state index is -1.09. The first-order valence-corrected chi connectivity index (χ1v) is 3.36. The van der Waals surface area contributed by atoms with Crippen molar-refractivity contribution in [2.45, 2.75) is 6.92 Å². The Morgan fingerprint density at radius 2 is 2.30 bits per heavy atom. The highest BCUT2D eigenvalue weighted by Gasteiger charge is 2.09. The van der Waals surface area contributed by atoms with Crippen LogP contribution in [-0.2, 0) is 0 Å². The predicted octanol–water partition coefficient (Wildman–Crippen LogP) is 0.443. The van der Waals surface area contributed by atoms with Crippen molar-refractivity contribution in [2.75, 3.05) is 0 Å². The average molecular weight is 159 g/mol. The molecule has 0 fully saturated rings. The molecule has 54 valence electrons. The van der Waals surface area contributed by atoms with Crippen molar-refractivity contribution in [3.05, 3.63) is 20.2 Å². The number of carboxylic acids is 1. The van der Waals surface area contributed by atoms with Crippen LogP contribution in [0.2, 0.25) is 0 Å². The van der Waals surface area contributed by atoms with Crippen LogP contribution in [0.25, 0.3) is 0 Å². The highest BCUT2D eigenvalue weighted by atomic mass is 32.1. The zero-order valence-corrected chi connectivity index (χ0v) is 5.99. The second kappa shape index (κ2) is 2.26. The van der Waals surface area contributed by atoms with Crippen LogP contribution in [0.3, 0.4) is 0 Å². The number of aryl methyl sites for hydroxylation is 1. The average Bonchev–Trinajstić information content (AvgIpc) is 2.10. The fraction of sp³-hybridized carbons (Fsp3) is 0.200. The van der Waals surface area contributed by atoms with Gasteiger partial charge in [0.05, 0.1) is 0 Å². The fourth-order valence-corrected chi connectivity index (χ4v) is 1.28. The van der Waals surface area contributed by atoms with E-state index in [0.29, 0.717) is 4.88 Å². The van der Waals surface area contributed by atoms with E-state index in [-0.39, 0.29) is 10.6 Å². The standard InChI is InChI=1S/C5H5NO3S/c1-2-3(4(7)8)6-5(9)10-2/h1H3,(H,6,9)(H,7,8). The Kier molecular flexibility index (Phi) is 1.58. The van der Waals surface area contributed by atoms with Crippen molar-refractivity contribution in [3.8, 4) is 0 Å². The van der Waals surface area contributed by atoms with Crippen LogP contribution >= 0.6 is 11.3 Å². The summed E-state index contributed by atoms with van der Waals surface area (Å²) in [7, 11) is 0. The minimum Gasteiger partial charge on any atom is -0.477 e. The molecular formula is C5H5NO3S. The van der Waals surface area contributed by atoms with E-state index in [9.17, 15) is 9.59 Å². The van der Waals surface area contributed by atoms with Gasteiger partial charge in [0.15, 0.2) is 0 Å². The SMILES string of the molecule is Cc1sc(=O)[nH]c1C(=O)O. The lowest BCUT2D eigenvalue weighted by atomic mass is 10.4. The van der Waals surface area contributed by atoms with Crippen LogP contribution in [0.5, 0.6) is 0 Å². The molecule has 10 heavy (non-hydrogen) atoms. The Labute approximate surface area is 60.1 Å². The first kappa shape index (κ1) is 7.01. The summed E-state index contributed by atoms with van der Waals surface area (Å²) in [6.07, 6.45) is 0. The number of hydrogen-bond donors (Lipinski definition) is 2. The molecule has 0 saturated carbocycles. The third kappa shape index (κ3) is 1.08. The molecule has 1 rings (SSSR count). The van der Waals surface area contributed by atoms with Crippen molar-refractivity contribution < 1.29 is 9.90 Å². The van der Waals surface area contributed by atoms with Gasteiger partial charge in [-0.25, -0.2) is 4.79 Å². The summed E-state index contributed by atoms with van der Waals surface area (Å²) in [6.45, 7) is 1.59. The quantitative estimate of drug-likeness (QED) is 0.624. The van der Waals surface area contributed by atoms with Crippen LogP contribution in [-0.4, -0.2) is 16.1 Å². The van der Waals surface area contributed by atoms with Crippen LogP contribution in [0.4, 0.5) is 0 Å². The van der Waals surface area contributed by atoms with E-state index in [1.807, 2.05) is 0 Å². The summed E-state index contributed by atoms with van der Waals surface area (Å²) in [6, 6.07) is 0. The van der Waals surface area contributed by atoms with E-state index in [4.69, 9.17) is 5.11 Å². The topological polar surface area (TPSA) is 70.2 Å². The third-order valence-electron chi connectivity index (χ3n) is 1.04. The summed E-state index contributed by atoms with van der Waals surface area (Å²) in [5, 5.41) is 8.42. The summed E-state index contributed by atoms with van der Waals surface area (Å²) in [4.78, 5) is 23.2. The summed E-state index contributed by atoms with van der Waals surface area (Å²) in [5.41, 5.74) is -0.00463. The highest BCUT2D eigenvalue weighted by Crippen LogP contribution is 2.05. The van der Waals surface area contributed by atoms with Gasteiger partial charge in [-0.3, -0.25) is 4.79 Å².